The van der Waals surface area contributed by atoms with Gasteiger partial charge in [-0.05, 0) is 31.0 Å². The number of benzene rings is 1. The minimum atomic E-state index is -1.12. The molecule has 0 saturated carbocycles. The standard InChI is InChI=1S/C15H18N2O4S/c1-8-4-3-5-11(9(8)2)17-13(18)6-12(14(17)19)22-7-10(16)15(20)21/h3-5,10,12H,6-7,16H2,1-2H3,(H,20,21)/t10-,12+/m0/s1. The van der Waals surface area contributed by atoms with Crippen LogP contribution < -0.4 is 10.6 Å². The first-order valence-electron chi connectivity index (χ1n) is 6.86. The van der Waals surface area contributed by atoms with E-state index in [1.54, 1.807) is 12.1 Å². The molecule has 1 heterocycles. The van der Waals surface area contributed by atoms with E-state index in [1.165, 1.54) is 4.90 Å². The maximum absolute atomic E-state index is 12.5. The van der Waals surface area contributed by atoms with Crippen LogP contribution in [0.1, 0.15) is 17.5 Å². The molecule has 118 valence electrons. The summed E-state index contributed by atoms with van der Waals surface area (Å²) in [5.74, 6) is -1.59. The fourth-order valence-electron chi connectivity index (χ4n) is 2.26. The van der Waals surface area contributed by atoms with Gasteiger partial charge < -0.3 is 10.8 Å². The zero-order chi connectivity index (χ0) is 16.4. The van der Waals surface area contributed by atoms with Crippen LogP contribution in [-0.4, -0.2) is 39.9 Å². The number of hydrogen-bond donors (Lipinski definition) is 2. The number of amides is 2. The molecule has 0 aliphatic carbocycles. The maximum Gasteiger partial charge on any atom is 0.321 e. The molecule has 0 aromatic heterocycles. The van der Waals surface area contributed by atoms with E-state index < -0.39 is 17.3 Å². The number of rotatable bonds is 5. The number of nitrogens with two attached hydrogens (primary N) is 1. The molecule has 2 amide bonds. The maximum atomic E-state index is 12.5. The molecule has 2 rings (SSSR count). The molecular weight excluding hydrogens is 304 g/mol. The predicted octanol–water partition coefficient (Wildman–Crippen LogP) is 1.08. The molecular formula is C15H18N2O4S. The number of anilines is 1. The van der Waals surface area contributed by atoms with Crippen molar-refractivity contribution < 1.29 is 19.5 Å². The molecule has 3 N–H and O–H groups in total. The van der Waals surface area contributed by atoms with Crippen molar-refractivity contribution in [3.8, 4) is 0 Å². The zero-order valence-electron chi connectivity index (χ0n) is 12.4. The molecule has 1 saturated heterocycles. The third-order valence-corrected chi connectivity index (χ3v) is 5.04. The van der Waals surface area contributed by atoms with E-state index in [2.05, 4.69) is 0 Å². The summed E-state index contributed by atoms with van der Waals surface area (Å²) < 4.78 is 0. The van der Waals surface area contributed by atoms with Gasteiger partial charge in [0, 0.05) is 12.2 Å². The second-order valence-electron chi connectivity index (χ2n) is 5.26. The lowest BCUT2D eigenvalue weighted by atomic mass is 10.1. The Bertz CT molecular complexity index is 632. The van der Waals surface area contributed by atoms with Crippen LogP contribution in [0.15, 0.2) is 18.2 Å². The van der Waals surface area contributed by atoms with E-state index in [-0.39, 0.29) is 24.0 Å². The van der Waals surface area contributed by atoms with Gasteiger partial charge >= 0.3 is 5.97 Å². The van der Waals surface area contributed by atoms with Crippen molar-refractivity contribution in [3.63, 3.8) is 0 Å². The van der Waals surface area contributed by atoms with Gasteiger partial charge in [-0.2, -0.15) is 0 Å². The van der Waals surface area contributed by atoms with Crippen molar-refractivity contribution in [2.45, 2.75) is 31.6 Å². The van der Waals surface area contributed by atoms with Crippen LogP contribution >= 0.6 is 11.8 Å². The van der Waals surface area contributed by atoms with E-state index in [1.807, 2.05) is 19.9 Å². The molecule has 1 aromatic rings. The Balaban J connectivity index is 2.15. The summed E-state index contributed by atoms with van der Waals surface area (Å²) >= 11 is 1.12. The van der Waals surface area contributed by atoms with Crippen molar-refractivity contribution in [1.29, 1.82) is 0 Å². The van der Waals surface area contributed by atoms with Gasteiger partial charge in [0.25, 0.3) is 0 Å². The van der Waals surface area contributed by atoms with Crippen molar-refractivity contribution >= 4 is 35.2 Å². The molecule has 0 unspecified atom stereocenters. The average molecular weight is 322 g/mol. The Morgan fingerprint density at radius 3 is 2.77 bits per heavy atom. The SMILES string of the molecule is Cc1cccc(N2C(=O)C[C@@H](SC[C@H](N)C(=O)O)C2=O)c1C. The molecule has 2 atom stereocenters. The topological polar surface area (TPSA) is 101 Å². The highest BCUT2D eigenvalue weighted by atomic mass is 32.2. The lowest BCUT2D eigenvalue weighted by molar-refractivity contribution is -0.138. The number of imide groups is 1. The smallest absolute Gasteiger partial charge is 0.321 e. The van der Waals surface area contributed by atoms with E-state index in [9.17, 15) is 14.4 Å². The van der Waals surface area contributed by atoms with Crippen LogP contribution in [0.25, 0.3) is 0 Å². The first kappa shape index (κ1) is 16.5. The van der Waals surface area contributed by atoms with Crippen molar-refractivity contribution in [1.82, 2.24) is 0 Å². The number of nitrogens with zero attached hydrogens (tertiary/aromatic N) is 1. The Hall–Kier alpha value is -1.86. The quantitative estimate of drug-likeness (QED) is 0.787. The number of thioether (sulfide) groups is 1. The lowest BCUT2D eigenvalue weighted by Gasteiger charge is -2.18. The molecule has 1 aromatic carbocycles. The summed E-state index contributed by atoms with van der Waals surface area (Å²) in [6.07, 6.45) is 0.0726. The highest BCUT2D eigenvalue weighted by Crippen LogP contribution is 2.32. The van der Waals surface area contributed by atoms with Gasteiger partial charge in [0.05, 0.1) is 10.9 Å². The van der Waals surface area contributed by atoms with E-state index in [0.29, 0.717) is 5.69 Å². The van der Waals surface area contributed by atoms with E-state index in [4.69, 9.17) is 10.8 Å². The van der Waals surface area contributed by atoms with Crippen LogP contribution in [-0.2, 0) is 14.4 Å². The summed E-state index contributed by atoms with van der Waals surface area (Å²) in [4.78, 5) is 36.6. The zero-order valence-corrected chi connectivity index (χ0v) is 13.2. The number of carbonyl (C=O) groups excluding carboxylic acids is 2. The van der Waals surface area contributed by atoms with Gasteiger partial charge in [0.2, 0.25) is 11.8 Å². The first-order valence-corrected chi connectivity index (χ1v) is 7.90. The summed E-state index contributed by atoms with van der Waals surface area (Å²) in [6.45, 7) is 3.79. The third-order valence-electron chi connectivity index (χ3n) is 3.72. The highest BCUT2D eigenvalue weighted by molar-refractivity contribution is 8.00. The van der Waals surface area contributed by atoms with Gasteiger partial charge in [0.15, 0.2) is 0 Å². The van der Waals surface area contributed by atoms with Crippen LogP contribution in [0.5, 0.6) is 0 Å². The second kappa shape index (κ2) is 6.50. The monoisotopic (exact) mass is 322 g/mol. The Morgan fingerprint density at radius 1 is 1.45 bits per heavy atom. The summed E-state index contributed by atoms with van der Waals surface area (Å²) in [5, 5.41) is 8.20. The molecule has 0 bridgehead atoms. The molecule has 0 radical (unpaired) electrons. The largest absolute Gasteiger partial charge is 0.480 e. The normalized spacial score (nSPS) is 19.6. The Morgan fingerprint density at radius 2 is 2.14 bits per heavy atom. The summed E-state index contributed by atoms with van der Waals surface area (Å²) in [6, 6.07) is 4.43. The summed E-state index contributed by atoms with van der Waals surface area (Å²) in [7, 11) is 0. The number of carboxylic acids is 1. The molecule has 0 spiro atoms. The van der Waals surface area contributed by atoms with Gasteiger partial charge in [-0.3, -0.25) is 14.4 Å². The Labute approximate surface area is 132 Å². The average Bonchev–Trinajstić information content (AvgIpc) is 2.74. The van der Waals surface area contributed by atoms with Crippen LogP contribution in [0.4, 0.5) is 5.69 Å². The molecule has 1 aliphatic heterocycles. The van der Waals surface area contributed by atoms with Crippen LogP contribution in [0, 0.1) is 13.8 Å². The number of aryl methyl sites for hydroxylation is 1. The van der Waals surface area contributed by atoms with Crippen LogP contribution in [0.3, 0.4) is 0 Å². The fourth-order valence-corrected chi connectivity index (χ4v) is 3.35. The van der Waals surface area contributed by atoms with E-state index in [0.717, 1.165) is 22.9 Å². The van der Waals surface area contributed by atoms with Crippen molar-refractivity contribution in [2.24, 2.45) is 5.73 Å². The summed E-state index contributed by atoms with van der Waals surface area (Å²) in [5.41, 5.74) is 7.92. The van der Waals surface area contributed by atoms with Gasteiger partial charge in [-0.25, -0.2) is 4.90 Å². The highest BCUT2D eigenvalue weighted by Gasteiger charge is 2.40. The van der Waals surface area contributed by atoms with Crippen LogP contribution in [0.2, 0.25) is 0 Å². The molecule has 7 heteroatoms. The third kappa shape index (κ3) is 3.15. The first-order chi connectivity index (χ1) is 10.3. The molecule has 1 fully saturated rings. The predicted molar refractivity (Wildman–Crippen MR) is 84.9 cm³/mol. The van der Waals surface area contributed by atoms with Crippen molar-refractivity contribution in [2.75, 3.05) is 10.7 Å². The van der Waals surface area contributed by atoms with E-state index >= 15 is 0 Å². The minimum Gasteiger partial charge on any atom is -0.480 e. The van der Waals surface area contributed by atoms with Gasteiger partial charge in [-0.1, -0.05) is 12.1 Å². The second-order valence-corrected chi connectivity index (χ2v) is 6.49. The number of carboxylic acid groups (broad SMARTS) is 1. The minimum absolute atomic E-state index is 0.0726. The molecule has 1 aliphatic rings. The van der Waals surface area contributed by atoms with Gasteiger partial charge in [0.1, 0.15) is 6.04 Å². The molecule has 22 heavy (non-hydrogen) atoms. The number of carbonyl (C=O) groups is 3. The number of hydrogen-bond acceptors (Lipinski definition) is 5. The fraction of sp³-hybridized carbons (Fsp3) is 0.400. The Kier molecular flexibility index (Phi) is 4.87. The lowest BCUT2D eigenvalue weighted by Crippen LogP contribution is -2.35. The van der Waals surface area contributed by atoms with Gasteiger partial charge in [-0.15, -0.1) is 11.8 Å². The molecule has 6 nitrogen and oxygen atoms in total. The number of aliphatic carboxylic acids is 1. The van der Waals surface area contributed by atoms with Crippen molar-refractivity contribution in [3.05, 3.63) is 29.3 Å².